The molecule has 2 unspecified atom stereocenters. The Morgan fingerprint density at radius 2 is 2.02 bits per heavy atom. The third-order valence-corrected chi connectivity index (χ3v) is 7.24. The molecule has 1 fully saturated rings. The highest BCUT2D eigenvalue weighted by Gasteiger charge is 2.29. The van der Waals surface area contributed by atoms with Crippen LogP contribution in [0.5, 0.6) is 11.5 Å². The zero-order chi connectivity index (χ0) is 28.6. The number of likely N-dealkylation sites (tertiary alicyclic amines) is 1. The van der Waals surface area contributed by atoms with Crippen molar-refractivity contribution < 1.29 is 37.7 Å². The van der Waals surface area contributed by atoms with E-state index in [0.29, 0.717) is 54.1 Å². The van der Waals surface area contributed by atoms with Gasteiger partial charge in [0.2, 0.25) is 0 Å². The first-order chi connectivity index (χ1) is 19.2. The van der Waals surface area contributed by atoms with Gasteiger partial charge >= 0.3 is 5.97 Å². The largest absolute Gasteiger partial charge is 0.483 e. The van der Waals surface area contributed by atoms with Crippen LogP contribution in [0, 0.1) is 0 Å². The monoisotopic (exact) mass is 572 g/mol. The van der Waals surface area contributed by atoms with Crippen LogP contribution in [0.4, 0.5) is 5.69 Å². The lowest BCUT2D eigenvalue weighted by atomic mass is 10.0. The molecule has 2 heterocycles. The van der Waals surface area contributed by atoms with E-state index in [1.54, 1.807) is 60.6 Å². The van der Waals surface area contributed by atoms with Crippen molar-refractivity contribution in [2.45, 2.75) is 18.6 Å². The van der Waals surface area contributed by atoms with Crippen LogP contribution in [0.3, 0.4) is 0 Å². The number of fused-ring (bicyclic) bond motifs is 1. The SMILES string of the molecule is CO[SH](=O)=Nc1ccc(OCC(=O)N(C)C(CN2CC[C@H](O)C2)c2cccc(OCC(=O)O)c2)c2cccnc12. The molecule has 12 nitrogen and oxygen atoms in total. The second-order valence-corrected chi connectivity index (χ2v) is 10.3. The van der Waals surface area contributed by atoms with Crippen molar-refractivity contribution >= 4 is 39.3 Å². The number of amides is 1. The lowest BCUT2D eigenvalue weighted by Crippen LogP contribution is -2.41. The summed E-state index contributed by atoms with van der Waals surface area (Å²) >= 11 is 0. The summed E-state index contributed by atoms with van der Waals surface area (Å²) in [6.45, 7) is 0.900. The van der Waals surface area contributed by atoms with Crippen molar-refractivity contribution in [1.82, 2.24) is 14.8 Å². The summed E-state index contributed by atoms with van der Waals surface area (Å²) in [5.41, 5.74) is 1.60. The number of aliphatic carboxylic acids is 1. The Labute approximate surface area is 233 Å². The fourth-order valence-electron chi connectivity index (χ4n) is 4.51. The minimum absolute atomic E-state index is 0.266. The van der Waals surface area contributed by atoms with Crippen LogP contribution in [-0.2, 0) is 24.6 Å². The third kappa shape index (κ3) is 7.45. The number of likely N-dealkylation sites (N-methyl/N-ethyl adjacent to an activating group) is 1. The van der Waals surface area contributed by atoms with Gasteiger partial charge in [0, 0.05) is 38.3 Å². The lowest BCUT2D eigenvalue weighted by Gasteiger charge is -2.32. The molecule has 214 valence electrons. The van der Waals surface area contributed by atoms with Gasteiger partial charge in [-0.3, -0.25) is 18.9 Å². The van der Waals surface area contributed by atoms with Crippen molar-refractivity contribution in [2.24, 2.45) is 4.36 Å². The molecule has 40 heavy (non-hydrogen) atoms. The Kier molecular flexibility index (Phi) is 9.88. The molecule has 1 aromatic heterocycles. The zero-order valence-electron chi connectivity index (χ0n) is 22.2. The van der Waals surface area contributed by atoms with Crippen molar-refractivity contribution in [3.8, 4) is 11.5 Å². The van der Waals surface area contributed by atoms with Gasteiger partial charge in [-0.1, -0.05) is 12.1 Å². The molecule has 2 aromatic carbocycles. The summed E-state index contributed by atoms with van der Waals surface area (Å²) in [6, 6.07) is 13.3. The topological polar surface area (TPSA) is 151 Å². The number of carbonyl (C=O) groups excluding carboxylic acids is 1. The van der Waals surface area contributed by atoms with Crippen molar-refractivity contribution in [3.63, 3.8) is 0 Å². The maximum absolute atomic E-state index is 13.4. The molecule has 3 atom stereocenters. The van der Waals surface area contributed by atoms with E-state index >= 15 is 0 Å². The molecule has 1 aliphatic heterocycles. The summed E-state index contributed by atoms with van der Waals surface area (Å²) in [4.78, 5) is 32.3. The number of rotatable bonds is 12. The van der Waals surface area contributed by atoms with E-state index in [0.717, 1.165) is 5.56 Å². The van der Waals surface area contributed by atoms with Crippen molar-refractivity contribution in [2.75, 3.05) is 47.0 Å². The fraction of sp³-hybridized carbons (Fsp3) is 0.370. The molecule has 1 aliphatic rings. The quantitative estimate of drug-likeness (QED) is 0.276. The summed E-state index contributed by atoms with van der Waals surface area (Å²) in [6.07, 6.45) is 1.81. The number of carboxylic acid groups (broad SMARTS) is 1. The highest BCUT2D eigenvalue weighted by atomic mass is 32.2. The Balaban J connectivity index is 1.54. The normalized spacial score (nSPS) is 17.0. The molecule has 13 heteroatoms. The number of pyridine rings is 1. The van der Waals surface area contributed by atoms with E-state index in [1.807, 2.05) is 6.07 Å². The molecule has 1 amide bonds. The van der Waals surface area contributed by atoms with Crippen molar-refractivity contribution in [1.29, 1.82) is 0 Å². The highest BCUT2D eigenvalue weighted by molar-refractivity contribution is 7.69. The van der Waals surface area contributed by atoms with Gasteiger partial charge in [0.15, 0.2) is 24.1 Å². The van der Waals surface area contributed by atoms with E-state index in [-0.39, 0.29) is 12.5 Å². The van der Waals surface area contributed by atoms with Crippen molar-refractivity contribution in [3.05, 3.63) is 60.3 Å². The lowest BCUT2D eigenvalue weighted by molar-refractivity contribution is -0.139. The zero-order valence-corrected chi connectivity index (χ0v) is 23.1. The standard InChI is InChI=1S/C27H32N4O8S/c1-30(23(15-31-12-10-19(32)14-31)18-5-3-6-20(13-18)38-17-26(34)35)25(33)16-39-24-9-8-22(29-40(36)37-2)27-21(24)7-4-11-28-27/h3-9,11,13,19,23,32,40H,10,12,14-17H2,1-2H3,(H,34,35)/t19-,23?/m0/s1. The number of aromatic nitrogens is 1. The Morgan fingerprint density at radius 1 is 1.20 bits per heavy atom. The Bertz CT molecular complexity index is 1450. The first kappa shape index (κ1) is 29.2. The number of carbonyl (C=O) groups is 2. The third-order valence-electron chi connectivity index (χ3n) is 6.55. The molecule has 1 saturated heterocycles. The summed E-state index contributed by atoms with van der Waals surface area (Å²) in [5, 5.41) is 19.6. The molecule has 0 radical (unpaired) electrons. The Morgan fingerprint density at radius 3 is 2.75 bits per heavy atom. The smallest absolute Gasteiger partial charge is 0.341 e. The van der Waals surface area contributed by atoms with Crippen LogP contribution in [0.1, 0.15) is 18.0 Å². The molecule has 0 bridgehead atoms. The second-order valence-electron chi connectivity index (χ2n) is 9.27. The molecular weight excluding hydrogens is 540 g/mol. The molecular formula is C27H32N4O8S. The van der Waals surface area contributed by atoms with Gasteiger partial charge in [-0.05, 0) is 48.4 Å². The number of aliphatic hydroxyl groups is 1. The van der Waals surface area contributed by atoms with Gasteiger partial charge in [-0.25, -0.2) is 9.00 Å². The molecule has 4 rings (SSSR count). The van der Waals surface area contributed by atoms with Crippen LogP contribution in [0.25, 0.3) is 10.9 Å². The molecule has 3 aromatic rings. The molecule has 0 saturated carbocycles. The molecule has 0 spiro atoms. The number of hydrogen-bond acceptors (Lipinski definition) is 10. The fourth-order valence-corrected chi connectivity index (χ4v) is 4.93. The first-order valence-electron chi connectivity index (χ1n) is 12.6. The van der Waals surface area contributed by atoms with Crippen LogP contribution in [0.15, 0.2) is 59.1 Å². The van der Waals surface area contributed by atoms with E-state index in [9.17, 15) is 18.9 Å². The average molecular weight is 573 g/mol. The number of hydrogen-bond donors (Lipinski definition) is 3. The summed E-state index contributed by atoms with van der Waals surface area (Å²) in [5.74, 6) is -0.591. The molecule has 0 aliphatic carbocycles. The number of β-amino-alcohol motifs (C(OH)–C–C–N with tert-alkyl or cyclic N) is 1. The molecule has 2 N–H and O–H groups in total. The number of aliphatic hydroxyl groups excluding tert-OH is 1. The van der Waals surface area contributed by atoms with Crippen LogP contribution >= 0.6 is 0 Å². The van der Waals surface area contributed by atoms with Gasteiger partial charge in [-0.15, -0.1) is 0 Å². The summed E-state index contributed by atoms with van der Waals surface area (Å²) in [7, 11) is 0.743. The second kappa shape index (κ2) is 13.5. The van der Waals surface area contributed by atoms with Crippen LogP contribution in [0.2, 0.25) is 0 Å². The number of carboxylic acids is 1. The van der Waals surface area contributed by atoms with Gasteiger partial charge < -0.3 is 24.6 Å². The van der Waals surface area contributed by atoms with Gasteiger partial charge in [0.1, 0.15) is 22.7 Å². The number of benzene rings is 2. The highest BCUT2D eigenvalue weighted by Crippen LogP contribution is 2.32. The maximum Gasteiger partial charge on any atom is 0.341 e. The van der Waals surface area contributed by atoms with E-state index < -0.39 is 35.6 Å². The number of ether oxygens (including phenoxy) is 2. The average Bonchev–Trinajstić information content (AvgIpc) is 3.38. The minimum Gasteiger partial charge on any atom is -0.483 e. The van der Waals surface area contributed by atoms with Gasteiger partial charge in [-0.2, -0.15) is 4.36 Å². The number of thiol groups is 1. The van der Waals surface area contributed by atoms with E-state index in [1.165, 1.54) is 7.11 Å². The van der Waals surface area contributed by atoms with Crippen LogP contribution < -0.4 is 9.47 Å². The van der Waals surface area contributed by atoms with Gasteiger partial charge in [0.05, 0.1) is 19.3 Å². The van der Waals surface area contributed by atoms with Gasteiger partial charge in [0.25, 0.3) is 5.91 Å². The maximum atomic E-state index is 13.4. The predicted octanol–water partition coefficient (Wildman–Crippen LogP) is 2.20. The Hall–Kier alpha value is -3.78. The number of nitrogens with zero attached hydrogens (tertiary/aromatic N) is 4. The minimum atomic E-state index is -2.24. The van der Waals surface area contributed by atoms with Crippen LogP contribution in [-0.4, -0.2) is 94.2 Å². The van der Waals surface area contributed by atoms with E-state index in [4.69, 9.17) is 18.8 Å². The predicted molar refractivity (Wildman–Crippen MR) is 148 cm³/mol. The van der Waals surface area contributed by atoms with E-state index in [2.05, 4.69) is 14.2 Å². The summed E-state index contributed by atoms with van der Waals surface area (Å²) < 4.78 is 31.9. The first-order valence-corrected chi connectivity index (χ1v) is 13.7.